The number of para-hydroxylation sites is 2. The molecule has 2 atom stereocenters. The molecule has 1 fully saturated rings. The van der Waals surface area contributed by atoms with Crippen LogP contribution < -0.4 is 9.64 Å². The molecule has 1 saturated heterocycles. The van der Waals surface area contributed by atoms with Crippen LogP contribution in [0.2, 0.25) is 0 Å². The third kappa shape index (κ3) is 3.67. The molecule has 1 aliphatic heterocycles. The molecule has 1 aromatic rings. The van der Waals surface area contributed by atoms with Gasteiger partial charge in [0, 0.05) is 26.6 Å². The van der Waals surface area contributed by atoms with E-state index in [-0.39, 0.29) is 31.3 Å². The number of anilines is 1. The fraction of sp³-hybridized carbons (Fsp3) is 0.471. The van der Waals surface area contributed by atoms with Crippen molar-refractivity contribution >= 4 is 23.5 Å². The summed E-state index contributed by atoms with van der Waals surface area (Å²) in [6, 6.07) is 7.16. The molecule has 0 spiro atoms. The van der Waals surface area contributed by atoms with Gasteiger partial charge < -0.3 is 19.6 Å². The van der Waals surface area contributed by atoms with Crippen LogP contribution in [0.5, 0.6) is 5.75 Å². The van der Waals surface area contributed by atoms with Crippen LogP contribution in [0.3, 0.4) is 0 Å². The first kappa shape index (κ1) is 17.8. The fourth-order valence-electron chi connectivity index (χ4n) is 2.85. The Morgan fingerprint density at radius 3 is 2.71 bits per heavy atom. The molecule has 24 heavy (non-hydrogen) atoms. The van der Waals surface area contributed by atoms with Crippen molar-refractivity contribution in [2.45, 2.75) is 13.3 Å². The molecule has 1 heterocycles. The average molecular weight is 334 g/mol. The van der Waals surface area contributed by atoms with Crippen LogP contribution >= 0.6 is 0 Å². The third-order valence-corrected chi connectivity index (χ3v) is 4.20. The van der Waals surface area contributed by atoms with Crippen molar-refractivity contribution in [3.05, 3.63) is 24.3 Å². The van der Waals surface area contributed by atoms with Gasteiger partial charge in [0.1, 0.15) is 5.75 Å². The summed E-state index contributed by atoms with van der Waals surface area (Å²) in [5.74, 6) is -1.86. The van der Waals surface area contributed by atoms with Crippen LogP contribution in [-0.4, -0.2) is 55.0 Å². The van der Waals surface area contributed by atoms with E-state index in [1.807, 2.05) is 6.07 Å². The van der Waals surface area contributed by atoms with E-state index in [0.717, 1.165) is 0 Å². The second kappa shape index (κ2) is 7.33. The molecule has 1 aliphatic rings. The summed E-state index contributed by atoms with van der Waals surface area (Å²) in [5.41, 5.74) is 0.641. The number of hydrogen-bond donors (Lipinski definition) is 1. The Bertz CT molecular complexity index is 646. The zero-order chi connectivity index (χ0) is 17.9. The second-order valence-electron chi connectivity index (χ2n) is 6.04. The fourth-order valence-corrected chi connectivity index (χ4v) is 2.85. The Labute approximate surface area is 140 Å². The number of carboxylic acid groups (broad SMARTS) is 1. The Morgan fingerprint density at radius 2 is 2.08 bits per heavy atom. The molecular formula is C17H22N2O5. The summed E-state index contributed by atoms with van der Waals surface area (Å²) in [5, 5.41) is 8.95. The van der Waals surface area contributed by atoms with Crippen LogP contribution in [0.1, 0.15) is 13.3 Å². The number of aliphatic carboxylic acids is 1. The molecule has 0 bridgehead atoms. The molecule has 7 nitrogen and oxygen atoms in total. The number of carbonyl (C=O) groups excluding carboxylic acids is 2. The summed E-state index contributed by atoms with van der Waals surface area (Å²) >= 11 is 0. The Hall–Kier alpha value is -2.57. The zero-order valence-electron chi connectivity index (χ0n) is 14.1. The van der Waals surface area contributed by atoms with Crippen molar-refractivity contribution in [1.29, 1.82) is 0 Å². The number of rotatable bonds is 6. The van der Waals surface area contributed by atoms with E-state index in [2.05, 4.69) is 0 Å². The van der Waals surface area contributed by atoms with Crippen molar-refractivity contribution in [2.75, 3.05) is 32.1 Å². The SMILES string of the molecule is COc1ccccc1N1CC(C(=O)N(C)CC(C)C(=O)O)CC1=O. The van der Waals surface area contributed by atoms with Gasteiger partial charge in [-0.1, -0.05) is 19.1 Å². The Balaban J connectivity index is 2.09. The number of hydrogen-bond acceptors (Lipinski definition) is 4. The second-order valence-corrected chi connectivity index (χ2v) is 6.04. The minimum absolute atomic E-state index is 0.114. The quantitative estimate of drug-likeness (QED) is 0.845. The third-order valence-electron chi connectivity index (χ3n) is 4.20. The van der Waals surface area contributed by atoms with Crippen molar-refractivity contribution < 1.29 is 24.2 Å². The molecule has 130 valence electrons. The summed E-state index contributed by atoms with van der Waals surface area (Å²) in [7, 11) is 3.10. The molecule has 0 saturated carbocycles. The Morgan fingerprint density at radius 1 is 1.42 bits per heavy atom. The zero-order valence-corrected chi connectivity index (χ0v) is 14.1. The maximum atomic E-state index is 12.5. The van der Waals surface area contributed by atoms with Gasteiger partial charge in [-0.3, -0.25) is 14.4 Å². The van der Waals surface area contributed by atoms with E-state index in [9.17, 15) is 14.4 Å². The molecule has 0 aliphatic carbocycles. The average Bonchev–Trinajstić information content (AvgIpc) is 2.95. The van der Waals surface area contributed by atoms with Gasteiger partial charge in [0.25, 0.3) is 0 Å². The monoisotopic (exact) mass is 334 g/mol. The summed E-state index contributed by atoms with van der Waals surface area (Å²) in [6.45, 7) is 1.93. The van der Waals surface area contributed by atoms with Gasteiger partial charge in [0.15, 0.2) is 0 Å². The summed E-state index contributed by atoms with van der Waals surface area (Å²) in [6.07, 6.45) is 0.114. The molecule has 7 heteroatoms. The molecule has 0 aromatic heterocycles. The first-order valence-electron chi connectivity index (χ1n) is 7.76. The number of benzene rings is 1. The van der Waals surface area contributed by atoms with Crippen LogP contribution in [0.25, 0.3) is 0 Å². The molecular weight excluding hydrogens is 312 g/mol. The molecule has 2 rings (SSSR count). The topological polar surface area (TPSA) is 87.2 Å². The van der Waals surface area contributed by atoms with Crippen LogP contribution in [0.4, 0.5) is 5.69 Å². The Kier molecular flexibility index (Phi) is 5.43. The van der Waals surface area contributed by atoms with Gasteiger partial charge in [0.2, 0.25) is 11.8 Å². The van der Waals surface area contributed by atoms with Gasteiger partial charge in [-0.15, -0.1) is 0 Å². The van der Waals surface area contributed by atoms with E-state index >= 15 is 0 Å². The van der Waals surface area contributed by atoms with E-state index in [0.29, 0.717) is 11.4 Å². The highest BCUT2D eigenvalue weighted by Gasteiger charge is 2.37. The minimum Gasteiger partial charge on any atom is -0.495 e. The summed E-state index contributed by atoms with van der Waals surface area (Å²) < 4.78 is 5.27. The minimum atomic E-state index is -0.951. The van der Waals surface area contributed by atoms with Gasteiger partial charge >= 0.3 is 5.97 Å². The lowest BCUT2D eigenvalue weighted by atomic mass is 10.1. The normalized spacial score (nSPS) is 18.4. The van der Waals surface area contributed by atoms with E-state index in [4.69, 9.17) is 9.84 Å². The smallest absolute Gasteiger partial charge is 0.308 e. The van der Waals surface area contributed by atoms with Crippen LogP contribution in [-0.2, 0) is 14.4 Å². The maximum Gasteiger partial charge on any atom is 0.308 e. The molecule has 1 N–H and O–H groups in total. The number of nitrogens with zero attached hydrogens (tertiary/aromatic N) is 2. The maximum absolute atomic E-state index is 12.5. The number of ether oxygens (including phenoxy) is 1. The van der Waals surface area contributed by atoms with Crippen LogP contribution in [0.15, 0.2) is 24.3 Å². The number of amides is 2. The standard InChI is InChI=1S/C17H22N2O5/c1-11(17(22)23)9-18(2)16(21)12-8-15(20)19(10-12)13-6-4-5-7-14(13)24-3/h4-7,11-12H,8-10H2,1-3H3,(H,22,23). The highest BCUT2D eigenvalue weighted by molar-refractivity contribution is 6.01. The van der Waals surface area contributed by atoms with Crippen molar-refractivity contribution in [3.63, 3.8) is 0 Å². The highest BCUT2D eigenvalue weighted by atomic mass is 16.5. The van der Waals surface area contributed by atoms with E-state index in [1.54, 1.807) is 37.1 Å². The largest absolute Gasteiger partial charge is 0.495 e. The lowest BCUT2D eigenvalue weighted by Crippen LogP contribution is -2.38. The molecule has 2 unspecified atom stereocenters. The number of methoxy groups -OCH3 is 1. The number of carboxylic acids is 1. The first-order valence-corrected chi connectivity index (χ1v) is 7.76. The first-order chi connectivity index (χ1) is 11.3. The van der Waals surface area contributed by atoms with Gasteiger partial charge in [-0.2, -0.15) is 0 Å². The summed E-state index contributed by atoms with van der Waals surface area (Å²) in [4.78, 5) is 38.7. The van der Waals surface area contributed by atoms with Gasteiger partial charge in [-0.05, 0) is 12.1 Å². The number of carbonyl (C=O) groups is 3. The predicted octanol–water partition coefficient (Wildman–Crippen LogP) is 1.23. The predicted molar refractivity (Wildman–Crippen MR) is 87.9 cm³/mol. The van der Waals surface area contributed by atoms with Crippen LogP contribution in [0, 0.1) is 11.8 Å². The van der Waals surface area contributed by atoms with Gasteiger partial charge in [0.05, 0.1) is 24.6 Å². The van der Waals surface area contributed by atoms with Gasteiger partial charge in [-0.25, -0.2) is 0 Å². The molecule has 0 radical (unpaired) electrons. The van der Waals surface area contributed by atoms with E-state index in [1.165, 1.54) is 12.0 Å². The lowest BCUT2D eigenvalue weighted by Gasteiger charge is -2.23. The van der Waals surface area contributed by atoms with E-state index < -0.39 is 17.8 Å². The van der Waals surface area contributed by atoms with Crippen molar-refractivity contribution in [3.8, 4) is 5.75 Å². The van der Waals surface area contributed by atoms with Crippen molar-refractivity contribution in [2.24, 2.45) is 11.8 Å². The highest BCUT2D eigenvalue weighted by Crippen LogP contribution is 2.33. The van der Waals surface area contributed by atoms with Crippen molar-refractivity contribution in [1.82, 2.24) is 4.90 Å². The molecule has 2 amide bonds. The lowest BCUT2D eigenvalue weighted by molar-refractivity contribution is -0.143. The molecule has 1 aromatic carbocycles.